The Kier molecular flexibility index (Phi) is 4.74. The minimum Gasteiger partial charge on any atom is -0.394 e. The smallest absolute Gasteiger partial charge is 0.394 e. The predicted octanol–water partition coefficient (Wildman–Crippen LogP) is 3.16. The van der Waals surface area contributed by atoms with E-state index in [0.29, 0.717) is 13.1 Å². The van der Waals surface area contributed by atoms with Gasteiger partial charge in [0.05, 0.1) is 24.9 Å². The quantitative estimate of drug-likeness (QED) is 0.890. The molecule has 2 N–H and O–H groups in total. The molecule has 114 valence electrons. The van der Waals surface area contributed by atoms with Gasteiger partial charge in [-0.2, -0.15) is 18.3 Å². The molecule has 0 bridgehead atoms. The van der Waals surface area contributed by atoms with Crippen LogP contribution in [0.25, 0.3) is 0 Å². The molecule has 0 unspecified atom stereocenters. The highest BCUT2D eigenvalue weighted by atomic mass is 35.5. The fourth-order valence-corrected chi connectivity index (χ4v) is 2.02. The van der Waals surface area contributed by atoms with Crippen molar-refractivity contribution in [3.8, 4) is 0 Å². The molecule has 0 amide bonds. The summed E-state index contributed by atoms with van der Waals surface area (Å²) in [4.78, 5) is 0. The molecule has 1 aromatic heterocycles. The molecule has 1 heterocycles. The van der Waals surface area contributed by atoms with Crippen LogP contribution in [0.15, 0.2) is 30.6 Å². The third-order valence-electron chi connectivity index (χ3n) is 2.74. The van der Waals surface area contributed by atoms with E-state index in [-0.39, 0.29) is 17.3 Å². The second-order valence-electron chi connectivity index (χ2n) is 4.42. The third-order valence-corrected chi connectivity index (χ3v) is 2.96. The molecule has 0 aliphatic heterocycles. The highest BCUT2D eigenvalue weighted by Crippen LogP contribution is 2.33. The van der Waals surface area contributed by atoms with E-state index in [1.165, 1.54) is 6.07 Å². The Hall–Kier alpha value is -1.73. The molecule has 0 atom stereocenters. The van der Waals surface area contributed by atoms with E-state index in [9.17, 15) is 13.2 Å². The van der Waals surface area contributed by atoms with Crippen LogP contribution in [0.4, 0.5) is 18.9 Å². The zero-order chi connectivity index (χ0) is 15.5. The monoisotopic (exact) mass is 319 g/mol. The maximum Gasteiger partial charge on any atom is 0.416 e. The van der Waals surface area contributed by atoms with Crippen molar-refractivity contribution < 1.29 is 18.3 Å². The van der Waals surface area contributed by atoms with E-state index in [2.05, 4.69) is 10.4 Å². The number of rotatable bonds is 5. The zero-order valence-electron chi connectivity index (χ0n) is 10.9. The van der Waals surface area contributed by atoms with Gasteiger partial charge in [-0.3, -0.25) is 4.68 Å². The zero-order valence-corrected chi connectivity index (χ0v) is 11.6. The summed E-state index contributed by atoms with van der Waals surface area (Å²) in [5.74, 6) is 0. The summed E-state index contributed by atoms with van der Waals surface area (Å²) < 4.78 is 39.6. The number of aliphatic hydroxyl groups excluding tert-OH is 1. The van der Waals surface area contributed by atoms with Gasteiger partial charge in [0.2, 0.25) is 0 Å². The third kappa shape index (κ3) is 4.37. The summed E-state index contributed by atoms with van der Waals surface area (Å²) >= 11 is 5.70. The van der Waals surface area contributed by atoms with Gasteiger partial charge in [-0.05, 0) is 18.2 Å². The molecule has 2 aromatic rings. The molecule has 0 saturated carbocycles. The molecule has 0 saturated heterocycles. The van der Waals surface area contributed by atoms with E-state index in [4.69, 9.17) is 16.7 Å². The first-order valence-corrected chi connectivity index (χ1v) is 6.50. The van der Waals surface area contributed by atoms with Crippen molar-refractivity contribution in [3.05, 3.63) is 46.7 Å². The maximum absolute atomic E-state index is 12.7. The SMILES string of the molecule is OCCn1cc(CNc2cc(Cl)cc(C(F)(F)F)c2)cn1. The molecule has 0 fully saturated rings. The van der Waals surface area contributed by atoms with Crippen molar-refractivity contribution in [2.45, 2.75) is 19.3 Å². The van der Waals surface area contributed by atoms with Crippen molar-refractivity contribution >= 4 is 17.3 Å². The Balaban J connectivity index is 2.07. The first kappa shape index (κ1) is 15.7. The van der Waals surface area contributed by atoms with Gasteiger partial charge in [0, 0.05) is 29.0 Å². The van der Waals surface area contributed by atoms with E-state index in [1.54, 1.807) is 17.1 Å². The second kappa shape index (κ2) is 6.36. The lowest BCUT2D eigenvalue weighted by Crippen LogP contribution is -2.06. The number of alkyl halides is 3. The van der Waals surface area contributed by atoms with Crippen molar-refractivity contribution in [1.29, 1.82) is 0 Å². The van der Waals surface area contributed by atoms with Crippen LogP contribution >= 0.6 is 11.6 Å². The van der Waals surface area contributed by atoms with Gasteiger partial charge in [0.15, 0.2) is 0 Å². The highest BCUT2D eigenvalue weighted by Gasteiger charge is 2.31. The lowest BCUT2D eigenvalue weighted by molar-refractivity contribution is -0.137. The number of anilines is 1. The van der Waals surface area contributed by atoms with E-state index in [1.807, 2.05) is 0 Å². The van der Waals surface area contributed by atoms with Crippen LogP contribution in [0, 0.1) is 0 Å². The summed E-state index contributed by atoms with van der Waals surface area (Å²) in [5, 5.41) is 15.7. The summed E-state index contributed by atoms with van der Waals surface area (Å²) in [6.45, 7) is 0.649. The van der Waals surface area contributed by atoms with Gasteiger partial charge in [-0.15, -0.1) is 0 Å². The van der Waals surface area contributed by atoms with Crippen LogP contribution in [0.1, 0.15) is 11.1 Å². The lowest BCUT2D eigenvalue weighted by atomic mass is 10.2. The Morgan fingerprint density at radius 2 is 2.05 bits per heavy atom. The molecule has 4 nitrogen and oxygen atoms in total. The number of nitrogens with one attached hydrogen (secondary N) is 1. The number of aromatic nitrogens is 2. The highest BCUT2D eigenvalue weighted by molar-refractivity contribution is 6.30. The fraction of sp³-hybridized carbons (Fsp3) is 0.308. The van der Waals surface area contributed by atoms with Gasteiger partial charge in [0.1, 0.15) is 0 Å². The van der Waals surface area contributed by atoms with Crippen molar-refractivity contribution in [3.63, 3.8) is 0 Å². The van der Waals surface area contributed by atoms with Gasteiger partial charge in [0.25, 0.3) is 0 Å². The van der Waals surface area contributed by atoms with E-state index in [0.717, 1.165) is 17.7 Å². The predicted molar refractivity (Wildman–Crippen MR) is 73.1 cm³/mol. The number of nitrogens with zero attached hydrogens (tertiary/aromatic N) is 2. The molecule has 2 rings (SSSR count). The molecule has 0 aliphatic rings. The van der Waals surface area contributed by atoms with E-state index < -0.39 is 11.7 Å². The standard InChI is InChI=1S/C13H13ClF3N3O/c14-11-3-10(13(15,16)17)4-12(5-11)18-6-9-7-19-20(8-9)1-2-21/h3-5,7-8,18,21H,1-2,6H2. The Bertz CT molecular complexity index is 613. The number of aliphatic hydroxyl groups is 1. The van der Waals surface area contributed by atoms with E-state index >= 15 is 0 Å². The second-order valence-corrected chi connectivity index (χ2v) is 4.85. The number of benzene rings is 1. The van der Waals surface area contributed by atoms with Crippen molar-refractivity contribution in [2.75, 3.05) is 11.9 Å². The van der Waals surface area contributed by atoms with Gasteiger partial charge >= 0.3 is 6.18 Å². The number of hydrogen-bond donors (Lipinski definition) is 2. The summed E-state index contributed by atoms with van der Waals surface area (Å²) in [6, 6.07) is 3.31. The molecule has 8 heteroatoms. The molecular formula is C13H13ClF3N3O. The minimum atomic E-state index is -4.44. The Morgan fingerprint density at radius 1 is 1.29 bits per heavy atom. The molecule has 0 radical (unpaired) electrons. The number of halogens is 4. The molecule has 21 heavy (non-hydrogen) atoms. The normalized spacial score (nSPS) is 11.7. The molecule has 1 aromatic carbocycles. The molecule has 0 spiro atoms. The van der Waals surface area contributed by atoms with Gasteiger partial charge in [-0.1, -0.05) is 11.6 Å². The first-order valence-electron chi connectivity index (χ1n) is 6.12. The van der Waals surface area contributed by atoms with Crippen LogP contribution in [0.3, 0.4) is 0 Å². The van der Waals surface area contributed by atoms with Crippen molar-refractivity contribution in [1.82, 2.24) is 9.78 Å². The Morgan fingerprint density at radius 3 is 2.71 bits per heavy atom. The largest absolute Gasteiger partial charge is 0.416 e. The minimum absolute atomic E-state index is 0.0169. The van der Waals surface area contributed by atoms with Gasteiger partial charge < -0.3 is 10.4 Å². The van der Waals surface area contributed by atoms with Gasteiger partial charge in [-0.25, -0.2) is 0 Å². The lowest BCUT2D eigenvalue weighted by Gasteiger charge is -2.11. The van der Waals surface area contributed by atoms with Crippen LogP contribution < -0.4 is 5.32 Å². The summed E-state index contributed by atoms with van der Waals surface area (Å²) in [5.41, 5.74) is 0.273. The topological polar surface area (TPSA) is 50.1 Å². The average Bonchev–Trinajstić information content (AvgIpc) is 2.83. The average molecular weight is 320 g/mol. The van der Waals surface area contributed by atoms with Crippen LogP contribution in [-0.2, 0) is 19.3 Å². The first-order chi connectivity index (χ1) is 9.88. The summed E-state index contributed by atoms with van der Waals surface area (Å²) in [6.07, 6.45) is -1.15. The van der Waals surface area contributed by atoms with Crippen LogP contribution in [-0.4, -0.2) is 21.5 Å². The van der Waals surface area contributed by atoms with Crippen LogP contribution in [0.2, 0.25) is 5.02 Å². The molecule has 0 aliphatic carbocycles. The summed E-state index contributed by atoms with van der Waals surface area (Å²) in [7, 11) is 0. The van der Waals surface area contributed by atoms with Crippen LogP contribution in [0.5, 0.6) is 0 Å². The van der Waals surface area contributed by atoms with Crippen molar-refractivity contribution in [2.24, 2.45) is 0 Å². The Labute approximate surface area is 124 Å². The number of hydrogen-bond acceptors (Lipinski definition) is 3. The molecular weight excluding hydrogens is 307 g/mol. The fourth-order valence-electron chi connectivity index (χ4n) is 1.78. The maximum atomic E-state index is 12.7.